The number of benzene rings is 1. The molecule has 3 nitrogen and oxygen atoms in total. The minimum absolute atomic E-state index is 0.678. The van der Waals surface area contributed by atoms with Gasteiger partial charge in [-0.1, -0.05) is 23.4 Å². The summed E-state index contributed by atoms with van der Waals surface area (Å²) in [7, 11) is 2.08. The van der Waals surface area contributed by atoms with E-state index in [2.05, 4.69) is 21.9 Å². The van der Waals surface area contributed by atoms with Crippen molar-refractivity contribution >= 4 is 34.4 Å². The normalized spacial score (nSPS) is 17.4. The Balaban J connectivity index is 1.89. The number of halogens is 1. The largest absolute Gasteiger partial charge is 0.322 e. The van der Waals surface area contributed by atoms with Crippen molar-refractivity contribution in [2.45, 2.75) is 23.2 Å². The van der Waals surface area contributed by atoms with Crippen molar-refractivity contribution in [3.05, 3.63) is 23.2 Å². The van der Waals surface area contributed by atoms with E-state index in [0.29, 0.717) is 5.25 Å². The number of hydrogen-bond donors (Lipinski definition) is 1. The summed E-state index contributed by atoms with van der Waals surface area (Å²) in [6, 6.07) is 5.89. The van der Waals surface area contributed by atoms with E-state index in [4.69, 9.17) is 11.6 Å². The molecule has 1 aliphatic heterocycles. The third kappa shape index (κ3) is 2.37. The Morgan fingerprint density at radius 1 is 1.39 bits per heavy atom. The van der Waals surface area contributed by atoms with Crippen molar-refractivity contribution in [3.8, 4) is 0 Å². The Hall–Kier alpha value is -0.710. The molecule has 5 heteroatoms. The Morgan fingerprint density at radius 2 is 2.17 bits per heavy atom. The lowest BCUT2D eigenvalue weighted by Crippen LogP contribution is -2.29. The molecule has 1 aliphatic rings. The molecule has 1 aromatic carbocycles. The molecule has 1 fully saturated rings. The van der Waals surface area contributed by atoms with E-state index in [1.54, 1.807) is 0 Å². The maximum Gasteiger partial charge on any atom is 0.169 e. The summed E-state index contributed by atoms with van der Waals surface area (Å²) in [6.45, 7) is 2.24. The van der Waals surface area contributed by atoms with Crippen molar-refractivity contribution in [2.24, 2.45) is 7.05 Å². The van der Waals surface area contributed by atoms with Crippen LogP contribution in [0.3, 0.4) is 0 Å². The molecule has 18 heavy (non-hydrogen) atoms. The van der Waals surface area contributed by atoms with Gasteiger partial charge >= 0.3 is 0 Å². The predicted octanol–water partition coefficient (Wildman–Crippen LogP) is 3.07. The van der Waals surface area contributed by atoms with Crippen LogP contribution in [0.15, 0.2) is 23.4 Å². The van der Waals surface area contributed by atoms with Crippen LogP contribution in [0.4, 0.5) is 0 Å². The van der Waals surface area contributed by atoms with Crippen LogP contribution in [-0.2, 0) is 7.05 Å². The van der Waals surface area contributed by atoms with Crippen molar-refractivity contribution < 1.29 is 0 Å². The number of nitrogens with zero attached hydrogens (tertiary/aromatic N) is 2. The van der Waals surface area contributed by atoms with Gasteiger partial charge in [-0.2, -0.15) is 0 Å². The van der Waals surface area contributed by atoms with Crippen LogP contribution >= 0.6 is 23.4 Å². The van der Waals surface area contributed by atoms with Gasteiger partial charge in [0.2, 0.25) is 0 Å². The second-order valence-corrected chi connectivity index (χ2v) is 6.36. The molecule has 2 heterocycles. The fourth-order valence-corrected chi connectivity index (χ4v) is 3.66. The Kier molecular flexibility index (Phi) is 3.50. The van der Waals surface area contributed by atoms with Gasteiger partial charge in [0.25, 0.3) is 0 Å². The lowest BCUT2D eigenvalue weighted by Gasteiger charge is -2.21. The van der Waals surface area contributed by atoms with Gasteiger partial charge in [0.1, 0.15) is 0 Å². The molecule has 2 aromatic rings. The fraction of sp³-hybridized carbons (Fsp3) is 0.462. The Labute approximate surface area is 116 Å². The molecular weight excluding hydrogens is 266 g/mol. The maximum atomic E-state index is 6.01. The zero-order valence-corrected chi connectivity index (χ0v) is 11.9. The molecule has 0 spiro atoms. The molecule has 96 valence electrons. The molecule has 1 aromatic heterocycles. The molecule has 0 bridgehead atoms. The number of rotatable bonds is 2. The Morgan fingerprint density at radius 3 is 2.94 bits per heavy atom. The first kappa shape index (κ1) is 12.3. The summed E-state index contributed by atoms with van der Waals surface area (Å²) >= 11 is 7.90. The standard InChI is InChI=1S/C13H16ClN3S/c1-17-12-3-2-9(14)8-11(12)16-13(17)18-10-4-6-15-7-5-10/h2-3,8,10,15H,4-7H2,1H3. The highest BCUT2D eigenvalue weighted by Gasteiger charge is 2.17. The van der Waals surface area contributed by atoms with Gasteiger partial charge in [0.05, 0.1) is 11.0 Å². The SMILES string of the molecule is Cn1c(SC2CCNCC2)nc2cc(Cl)ccc21. The molecule has 0 radical (unpaired) electrons. The molecule has 3 rings (SSSR count). The zero-order chi connectivity index (χ0) is 12.5. The van der Waals surface area contributed by atoms with Crippen LogP contribution in [0.1, 0.15) is 12.8 Å². The first-order chi connectivity index (χ1) is 8.74. The monoisotopic (exact) mass is 281 g/mol. The van der Waals surface area contributed by atoms with Gasteiger partial charge in [0, 0.05) is 17.3 Å². The second-order valence-electron chi connectivity index (χ2n) is 4.65. The number of thioether (sulfide) groups is 1. The van der Waals surface area contributed by atoms with Crippen LogP contribution in [0.25, 0.3) is 11.0 Å². The number of imidazole rings is 1. The predicted molar refractivity (Wildman–Crippen MR) is 77.5 cm³/mol. The van der Waals surface area contributed by atoms with E-state index < -0.39 is 0 Å². The number of piperidine rings is 1. The summed E-state index contributed by atoms with van der Waals surface area (Å²) in [4.78, 5) is 4.69. The number of aromatic nitrogens is 2. The van der Waals surface area contributed by atoms with Crippen molar-refractivity contribution in [1.29, 1.82) is 0 Å². The quantitative estimate of drug-likeness (QED) is 0.917. The highest BCUT2D eigenvalue weighted by Crippen LogP contribution is 2.30. The Bertz CT molecular complexity index is 561. The summed E-state index contributed by atoms with van der Waals surface area (Å²) in [6.07, 6.45) is 2.43. The average Bonchev–Trinajstić information content (AvgIpc) is 2.67. The minimum Gasteiger partial charge on any atom is -0.322 e. The lowest BCUT2D eigenvalue weighted by molar-refractivity contribution is 0.530. The summed E-state index contributed by atoms with van der Waals surface area (Å²) in [5.41, 5.74) is 2.14. The number of fused-ring (bicyclic) bond motifs is 1. The highest BCUT2D eigenvalue weighted by atomic mass is 35.5. The van der Waals surface area contributed by atoms with Crippen LogP contribution in [-0.4, -0.2) is 27.9 Å². The van der Waals surface area contributed by atoms with Crippen LogP contribution in [0, 0.1) is 0 Å². The topological polar surface area (TPSA) is 29.9 Å². The molecule has 0 atom stereocenters. The number of nitrogens with one attached hydrogen (secondary N) is 1. The molecular formula is C13H16ClN3S. The van der Waals surface area contributed by atoms with E-state index >= 15 is 0 Å². The second kappa shape index (κ2) is 5.11. The van der Waals surface area contributed by atoms with Crippen LogP contribution in [0.2, 0.25) is 5.02 Å². The first-order valence-corrected chi connectivity index (χ1v) is 7.49. The number of aryl methyl sites for hydroxylation is 1. The minimum atomic E-state index is 0.678. The van der Waals surface area contributed by atoms with Gasteiger partial charge < -0.3 is 9.88 Å². The average molecular weight is 282 g/mol. The highest BCUT2D eigenvalue weighted by molar-refractivity contribution is 7.99. The molecule has 0 saturated carbocycles. The lowest BCUT2D eigenvalue weighted by atomic mass is 10.2. The third-order valence-electron chi connectivity index (χ3n) is 3.36. The molecule has 0 aliphatic carbocycles. The molecule has 0 amide bonds. The van der Waals surface area contributed by atoms with Gasteiger partial charge in [-0.15, -0.1) is 0 Å². The zero-order valence-electron chi connectivity index (χ0n) is 10.3. The summed E-state index contributed by atoms with van der Waals surface area (Å²) in [5, 5.41) is 5.91. The first-order valence-electron chi connectivity index (χ1n) is 6.23. The van der Waals surface area contributed by atoms with Crippen LogP contribution < -0.4 is 5.32 Å². The summed E-state index contributed by atoms with van der Waals surface area (Å²) in [5.74, 6) is 0. The molecule has 0 unspecified atom stereocenters. The van der Waals surface area contributed by atoms with E-state index in [0.717, 1.165) is 34.3 Å². The molecule has 1 N–H and O–H groups in total. The van der Waals surface area contributed by atoms with Gasteiger partial charge in [-0.3, -0.25) is 0 Å². The fourth-order valence-electron chi connectivity index (χ4n) is 2.32. The number of hydrogen-bond acceptors (Lipinski definition) is 3. The van der Waals surface area contributed by atoms with E-state index in [1.807, 2.05) is 30.0 Å². The van der Waals surface area contributed by atoms with Gasteiger partial charge in [-0.05, 0) is 44.1 Å². The van der Waals surface area contributed by atoms with Gasteiger partial charge in [-0.25, -0.2) is 4.98 Å². The third-order valence-corrected chi connectivity index (χ3v) is 4.98. The van der Waals surface area contributed by atoms with E-state index in [1.165, 1.54) is 12.8 Å². The van der Waals surface area contributed by atoms with Crippen molar-refractivity contribution in [1.82, 2.24) is 14.9 Å². The van der Waals surface area contributed by atoms with E-state index in [9.17, 15) is 0 Å². The van der Waals surface area contributed by atoms with Crippen LogP contribution in [0.5, 0.6) is 0 Å². The smallest absolute Gasteiger partial charge is 0.169 e. The molecule has 1 saturated heterocycles. The maximum absolute atomic E-state index is 6.01. The summed E-state index contributed by atoms with van der Waals surface area (Å²) < 4.78 is 2.17. The van der Waals surface area contributed by atoms with Crippen molar-refractivity contribution in [2.75, 3.05) is 13.1 Å². The van der Waals surface area contributed by atoms with E-state index in [-0.39, 0.29) is 0 Å². The van der Waals surface area contributed by atoms with Gasteiger partial charge in [0.15, 0.2) is 5.16 Å². The van der Waals surface area contributed by atoms with Crippen molar-refractivity contribution in [3.63, 3.8) is 0 Å².